The van der Waals surface area contributed by atoms with E-state index in [2.05, 4.69) is 27.8 Å². The van der Waals surface area contributed by atoms with Crippen molar-refractivity contribution in [2.45, 2.75) is 58.5 Å². The fourth-order valence-corrected chi connectivity index (χ4v) is 5.38. The van der Waals surface area contributed by atoms with Gasteiger partial charge in [-0.15, -0.1) is 0 Å². The predicted molar refractivity (Wildman–Crippen MR) is 88.0 cm³/mol. The molecule has 5 atom stereocenters. The molecular formula is C18H25BrO2. The molecule has 0 amide bonds. The van der Waals surface area contributed by atoms with E-state index in [1.807, 2.05) is 13.0 Å². The first-order valence-corrected chi connectivity index (χ1v) is 9.20. The van der Waals surface area contributed by atoms with Crippen molar-refractivity contribution in [2.24, 2.45) is 23.7 Å². The van der Waals surface area contributed by atoms with Gasteiger partial charge in [0.1, 0.15) is 6.10 Å². The molecule has 2 fully saturated rings. The van der Waals surface area contributed by atoms with E-state index in [-0.39, 0.29) is 12.1 Å². The van der Waals surface area contributed by atoms with Crippen molar-refractivity contribution in [1.29, 1.82) is 0 Å². The zero-order valence-corrected chi connectivity index (χ0v) is 14.6. The summed E-state index contributed by atoms with van der Waals surface area (Å²) in [5, 5.41) is 0. The number of esters is 1. The standard InChI is InChI=1S/C18H25BrO2/c1-11(8-14-9-12(2)18(20)21-14)15-6-7-16-13(10-19)4-3-5-17(15)16/h9-11,14-17H,3-8H2,1-2H3/b13-10+/t11-,14+,15-,16?,17?/m1/s1. The van der Waals surface area contributed by atoms with Crippen LogP contribution in [0.2, 0.25) is 0 Å². The van der Waals surface area contributed by atoms with Crippen LogP contribution in [0.3, 0.4) is 0 Å². The van der Waals surface area contributed by atoms with E-state index >= 15 is 0 Å². The second-order valence-electron chi connectivity index (χ2n) is 7.09. The molecule has 2 aliphatic carbocycles. The van der Waals surface area contributed by atoms with Crippen molar-refractivity contribution >= 4 is 21.9 Å². The third-order valence-corrected chi connectivity index (χ3v) is 6.44. The van der Waals surface area contributed by atoms with Crippen LogP contribution in [0, 0.1) is 23.7 Å². The summed E-state index contributed by atoms with van der Waals surface area (Å²) in [6, 6.07) is 0. The lowest BCUT2D eigenvalue weighted by Crippen LogP contribution is -2.26. The molecule has 2 nitrogen and oxygen atoms in total. The van der Waals surface area contributed by atoms with Crippen LogP contribution in [0.25, 0.3) is 0 Å². The summed E-state index contributed by atoms with van der Waals surface area (Å²) < 4.78 is 5.43. The van der Waals surface area contributed by atoms with E-state index < -0.39 is 0 Å². The van der Waals surface area contributed by atoms with E-state index in [0.717, 1.165) is 29.7 Å². The topological polar surface area (TPSA) is 26.3 Å². The molecule has 0 bridgehead atoms. The molecule has 3 heteroatoms. The average Bonchev–Trinajstić information content (AvgIpc) is 3.02. The molecule has 0 aromatic carbocycles. The Morgan fingerprint density at radius 2 is 2.24 bits per heavy atom. The zero-order valence-electron chi connectivity index (χ0n) is 13.0. The molecule has 21 heavy (non-hydrogen) atoms. The van der Waals surface area contributed by atoms with Crippen LogP contribution in [0.1, 0.15) is 52.4 Å². The minimum absolute atomic E-state index is 0.0151. The van der Waals surface area contributed by atoms with Crippen LogP contribution in [-0.2, 0) is 9.53 Å². The largest absolute Gasteiger partial charge is 0.455 e. The average molecular weight is 353 g/mol. The molecule has 2 unspecified atom stereocenters. The van der Waals surface area contributed by atoms with Gasteiger partial charge in [-0.05, 0) is 80.2 Å². The van der Waals surface area contributed by atoms with Gasteiger partial charge in [0.15, 0.2) is 0 Å². The molecule has 1 heterocycles. The first-order valence-electron chi connectivity index (χ1n) is 8.28. The number of allylic oxidation sites excluding steroid dienone is 1. The fourth-order valence-electron chi connectivity index (χ4n) is 4.81. The highest BCUT2D eigenvalue weighted by molar-refractivity contribution is 9.11. The second kappa shape index (κ2) is 6.28. The maximum absolute atomic E-state index is 11.5. The molecule has 0 radical (unpaired) electrons. The number of rotatable bonds is 3. The van der Waals surface area contributed by atoms with Gasteiger partial charge < -0.3 is 4.74 Å². The van der Waals surface area contributed by atoms with E-state index in [1.54, 1.807) is 5.57 Å². The van der Waals surface area contributed by atoms with Crippen molar-refractivity contribution < 1.29 is 9.53 Å². The summed E-state index contributed by atoms with van der Waals surface area (Å²) >= 11 is 3.56. The number of hydrogen-bond acceptors (Lipinski definition) is 2. The predicted octanol–water partition coefficient (Wildman–Crippen LogP) is 4.99. The zero-order chi connectivity index (χ0) is 15.0. The highest BCUT2D eigenvalue weighted by Gasteiger charge is 2.42. The van der Waals surface area contributed by atoms with E-state index in [4.69, 9.17) is 4.74 Å². The van der Waals surface area contributed by atoms with Crippen LogP contribution >= 0.6 is 15.9 Å². The normalized spacial score (nSPS) is 39.1. The van der Waals surface area contributed by atoms with Gasteiger partial charge in [-0.2, -0.15) is 0 Å². The van der Waals surface area contributed by atoms with E-state index in [1.165, 1.54) is 32.1 Å². The Balaban J connectivity index is 1.63. The van der Waals surface area contributed by atoms with Crippen LogP contribution in [0.5, 0.6) is 0 Å². The first-order chi connectivity index (χ1) is 10.1. The maximum atomic E-state index is 11.5. The Kier molecular flexibility index (Phi) is 4.58. The third-order valence-electron chi connectivity index (χ3n) is 5.85. The van der Waals surface area contributed by atoms with Gasteiger partial charge in [0.05, 0.1) is 0 Å². The van der Waals surface area contributed by atoms with Crippen molar-refractivity contribution in [2.75, 3.05) is 0 Å². The number of fused-ring (bicyclic) bond motifs is 1. The number of cyclic esters (lactones) is 1. The SMILES string of the molecule is CC1=C[C@H](C[C@@H](C)[C@H]2CCC3/C(=C/Br)CCCC32)OC1=O. The van der Waals surface area contributed by atoms with E-state index in [9.17, 15) is 4.79 Å². The summed E-state index contributed by atoms with van der Waals surface area (Å²) in [5.41, 5.74) is 2.41. The van der Waals surface area contributed by atoms with Gasteiger partial charge in [0.2, 0.25) is 0 Å². The number of ether oxygens (including phenoxy) is 1. The fraction of sp³-hybridized carbons (Fsp3) is 0.722. The monoisotopic (exact) mass is 352 g/mol. The Labute approximate surface area is 136 Å². The van der Waals surface area contributed by atoms with Gasteiger partial charge >= 0.3 is 5.97 Å². The quantitative estimate of drug-likeness (QED) is 0.668. The number of carbonyl (C=O) groups is 1. The smallest absolute Gasteiger partial charge is 0.334 e. The minimum Gasteiger partial charge on any atom is -0.455 e. The van der Waals surface area contributed by atoms with Gasteiger partial charge in [-0.25, -0.2) is 4.79 Å². The van der Waals surface area contributed by atoms with E-state index in [0.29, 0.717) is 5.92 Å². The molecule has 0 spiro atoms. The van der Waals surface area contributed by atoms with Crippen LogP contribution < -0.4 is 0 Å². The number of hydrogen-bond donors (Lipinski definition) is 0. The van der Waals surface area contributed by atoms with Gasteiger partial charge in [-0.1, -0.05) is 28.4 Å². The molecule has 0 aromatic rings. The lowest BCUT2D eigenvalue weighted by Gasteiger charge is -2.34. The van der Waals surface area contributed by atoms with Crippen molar-refractivity contribution in [1.82, 2.24) is 0 Å². The van der Waals surface area contributed by atoms with Crippen LogP contribution in [0.4, 0.5) is 0 Å². The molecule has 0 aromatic heterocycles. The molecule has 0 saturated heterocycles. The molecule has 2 saturated carbocycles. The second-order valence-corrected chi connectivity index (χ2v) is 7.55. The highest BCUT2D eigenvalue weighted by atomic mass is 79.9. The summed E-state index contributed by atoms with van der Waals surface area (Å²) in [6.07, 6.45) is 9.68. The van der Waals surface area contributed by atoms with Gasteiger partial charge in [0, 0.05) is 5.57 Å². The number of halogens is 1. The molecule has 3 rings (SSSR count). The Morgan fingerprint density at radius 1 is 1.43 bits per heavy atom. The van der Waals surface area contributed by atoms with Crippen molar-refractivity contribution in [3.63, 3.8) is 0 Å². The highest BCUT2D eigenvalue weighted by Crippen LogP contribution is 2.51. The van der Waals surface area contributed by atoms with Crippen LogP contribution in [-0.4, -0.2) is 12.1 Å². The molecular weight excluding hydrogens is 328 g/mol. The van der Waals surface area contributed by atoms with Gasteiger partial charge in [0.25, 0.3) is 0 Å². The minimum atomic E-state index is -0.126. The van der Waals surface area contributed by atoms with Crippen LogP contribution in [0.15, 0.2) is 22.2 Å². The first kappa shape index (κ1) is 15.3. The summed E-state index contributed by atoms with van der Waals surface area (Å²) in [7, 11) is 0. The Morgan fingerprint density at radius 3 is 2.90 bits per heavy atom. The third kappa shape index (κ3) is 2.99. The molecule has 0 N–H and O–H groups in total. The summed E-state index contributed by atoms with van der Waals surface area (Å²) in [6.45, 7) is 4.21. The maximum Gasteiger partial charge on any atom is 0.334 e. The van der Waals surface area contributed by atoms with Crippen molar-refractivity contribution in [3.05, 3.63) is 22.2 Å². The molecule has 3 aliphatic rings. The lowest BCUT2D eigenvalue weighted by atomic mass is 9.72. The Bertz CT molecular complexity index is 480. The van der Waals surface area contributed by atoms with Gasteiger partial charge in [-0.3, -0.25) is 0 Å². The summed E-state index contributed by atoms with van der Waals surface area (Å²) in [4.78, 5) is 13.7. The summed E-state index contributed by atoms with van der Waals surface area (Å²) in [5.74, 6) is 2.95. The Hall–Kier alpha value is -0.570. The molecule has 1 aliphatic heterocycles. The van der Waals surface area contributed by atoms with Crippen molar-refractivity contribution in [3.8, 4) is 0 Å². The number of carbonyl (C=O) groups excluding carboxylic acids is 1. The lowest BCUT2D eigenvalue weighted by molar-refractivity contribution is -0.140. The molecule has 116 valence electrons.